The first-order valence-corrected chi connectivity index (χ1v) is 7.20. The first-order chi connectivity index (χ1) is 11.6. The van der Waals surface area contributed by atoms with E-state index in [1.807, 2.05) is 12.1 Å². The summed E-state index contributed by atoms with van der Waals surface area (Å²) in [7, 11) is 4.47. The zero-order valence-electron chi connectivity index (χ0n) is 13.7. The van der Waals surface area contributed by atoms with Crippen molar-refractivity contribution < 1.29 is 19.0 Å². The summed E-state index contributed by atoms with van der Waals surface area (Å²) in [5.41, 5.74) is 0.964. The van der Waals surface area contributed by atoms with Crippen molar-refractivity contribution in [1.82, 2.24) is 0 Å². The van der Waals surface area contributed by atoms with Crippen molar-refractivity contribution in [3.05, 3.63) is 48.0 Å². The molecule has 6 heteroatoms. The van der Waals surface area contributed by atoms with Gasteiger partial charge in [0.25, 0.3) is 0 Å². The standard InChI is InChI=1S/C18H18N2O4/c1-22-13-9-15(23-2)17(16(10-13)24-3)20-18(21)14(11-19)12-7-5-4-6-8-12/h4-10,14H,1-3H3,(H,20,21)/t14-/m1/s1. The Bertz CT molecular complexity index is 728. The zero-order chi connectivity index (χ0) is 17.5. The fourth-order valence-corrected chi connectivity index (χ4v) is 2.25. The Labute approximate surface area is 140 Å². The Morgan fingerprint density at radius 2 is 1.62 bits per heavy atom. The molecule has 1 N–H and O–H groups in total. The predicted octanol–water partition coefficient (Wildman–Crippen LogP) is 2.96. The number of carbonyl (C=O) groups excluding carboxylic acids is 1. The van der Waals surface area contributed by atoms with E-state index in [1.165, 1.54) is 21.3 Å². The van der Waals surface area contributed by atoms with E-state index in [9.17, 15) is 10.1 Å². The van der Waals surface area contributed by atoms with Gasteiger partial charge in [-0.05, 0) is 5.56 Å². The summed E-state index contributed by atoms with van der Waals surface area (Å²) in [6, 6.07) is 14.1. The van der Waals surface area contributed by atoms with Crippen molar-refractivity contribution in [3.8, 4) is 23.3 Å². The molecule has 0 fully saturated rings. The van der Waals surface area contributed by atoms with Crippen molar-refractivity contribution >= 4 is 11.6 Å². The Kier molecular flexibility index (Phi) is 5.63. The van der Waals surface area contributed by atoms with E-state index in [0.717, 1.165) is 0 Å². The second-order valence-electron chi connectivity index (χ2n) is 4.87. The molecule has 0 bridgehead atoms. The van der Waals surface area contributed by atoms with E-state index in [0.29, 0.717) is 28.5 Å². The molecule has 0 radical (unpaired) electrons. The quantitative estimate of drug-likeness (QED) is 0.882. The van der Waals surface area contributed by atoms with Gasteiger partial charge in [0.1, 0.15) is 22.9 Å². The molecule has 0 spiro atoms. The largest absolute Gasteiger partial charge is 0.496 e. The van der Waals surface area contributed by atoms with Crippen LogP contribution in [0.3, 0.4) is 0 Å². The lowest BCUT2D eigenvalue weighted by Gasteiger charge is -2.17. The minimum absolute atomic E-state index is 0.349. The number of carbonyl (C=O) groups is 1. The Morgan fingerprint density at radius 3 is 2.08 bits per heavy atom. The third-order valence-electron chi connectivity index (χ3n) is 3.49. The average molecular weight is 326 g/mol. The van der Waals surface area contributed by atoms with Gasteiger partial charge in [-0.1, -0.05) is 30.3 Å². The molecular weight excluding hydrogens is 308 g/mol. The van der Waals surface area contributed by atoms with Gasteiger partial charge in [0.2, 0.25) is 5.91 Å². The van der Waals surface area contributed by atoms with Gasteiger partial charge in [0, 0.05) is 12.1 Å². The van der Waals surface area contributed by atoms with Gasteiger partial charge in [0.05, 0.1) is 27.4 Å². The van der Waals surface area contributed by atoms with E-state index >= 15 is 0 Å². The number of nitrogens with one attached hydrogen (secondary N) is 1. The second-order valence-corrected chi connectivity index (χ2v) is 4.87. The molecule has 0 heterocycles. The maximum atomic E-state index is 12.6. The molecule has 0 saturated heterocycles. The molecule has 0 unspecified atom stereocenters. The number of hydrogen-bond acceptors (Lipinski definition) is 5. The smallest absolute Gasteiger partial charge is 0.246 e. The average Bonchev–Trinajstić information content (AvgIpc) is 2.63. The van der Waals surface area contributed by atoms with Gasteiger partial charge >= 0.3 is 0 Å². The number of anilines is 1. The highest BCUT2D eigenvalue weighted by atomic mass is 16.5. The second kappa shape index (κ2) is 7.88. The number of rotatable bonds is 6. The fourth-order valence-electron chi connectivity index (χ4n) is 2.25. The highest BCUT2D eigenvalue weighted by Crippen LogP contribution is 2.39. The minimum atomic E-state index is -0.942. The molecule has 2 aromatic carbocycles. The molecular formula is C18H18N2O4. The van der Waals surface area contributed by atoms with Crippen LogP contribution in [0.25, 0.3) is 0 Å². The Morgan fingerprint density at radius 1 is 1.04 bits per heavy atom. The third-order valence-corrected chi connectivity index (χ3v) is 3.49. The summed E-state index contributed by atoms with van der Waals surface area (Å²) in [5.74, 6) is -0.122. The molecule has 1 atom stereocenters. The van der Waals surface area contributed by atoms with Gasteiger partial charge in [-0.3, -0.25) is 4.79 Å². The van der Waals surface area contributed by atoms with E-state index < -0.39 is 11.8 Å². The Hall–Kier alpha value is -3.20. The van der Waals surface area contributed by atoms with Crippen molar-refractivity contribution in [2.45, 2.75) is 5.92 Å². The molecule has 124 valence electrons. The fraction of sp³-hybridized carbons (Fsp3) is 0.222. The van der Waals surface area contributed by atoms with Crippen LogP contribution in [-0.4, -0.2) is 27.2 Å². The van der Waals surface area contributed by atoms with Crippen LogP contribution in [0, 0.1) is 11.3 Å². The maximum absolute atomic E-state index is 12.6. The van der Waals surface area contributed by atoms with Gasteiger partial charge in [0.15, 0.2) is 5.92 Å². The molecule has 0 aromatic heterocycles. The lowest BCUT2D eigenvalue weighted by atomic mass is 10.00. The van der Waals surface area contributed by atoms with Crippen LogP contribution in [0.4, 0.5) is 5.69 Å². The summed E-state index contributed by atoms with van der Waals surface area (Å²) < 4.78 is 15.8. The summed E-state index contributed by atoms with van der Waals surface area (Å²) in [6.45, 7) is 0. The predicted molar refractivity (Wildman–Crippen MR) is 89.5 cm³/mol. The van der Waals surface area contributed by atoms with Crippen LogP contribution < -0.4 is 19.5 Å². The number of methoxy groups -OCH3 is 3. The summed E-state index contributed by atoms with van der Waals surface area (Å²) >= 11 is 0. The molecule has 0 aliphatic carbocycles. The normalized spacial score (nSPS) is 11.1. The van der Waals surface area contributed by atoms with Crippen molar-refractivity contribution in [2.24, 2.45) is 0 Å². The van der Waals surface area contributed by atoms with E-state index in [4.69, 9.17) is 14.2 Å². The number of ether oxygens (including phenoxy) is 3. The van der Waals surface area contributed by atoms with E-state index in [-0.39, 0.29) is 0 Å². The molecule has 0 saturated carbocycles. The van der Waals surface area contributed by atoms with Crippen LogP contribution in [0.1, 0.15) is 11.5 Å². The SMILES string of the molecule is COc1cc(OC)c(NC(=O)[C@H](C#N)c2ccccc2)c(OC)c1. The van der Waals surface area contributed by atoms with Crippen LogP contribution in [0.5, 0.6) is 17.2 Å². The highest BCUT2D eigenvalue weighted by Gasteiger charge is 2.23. The molecule has 2 rings (SSSR count). The third kappa shape index (κ3) is 3.58. The molecule has 0 aliphatic heterocycles. The Balaban J connectivity index is 2.36. The molecule has 1 amide bonds. The molecule has 24 heavy (non-hydrogen) atoms. The maximum Gasteiger partial charge on any atom is 0.246 e. The van der Waals surface area contributed by atoms with Gasteiger partial charge in [-0.2, -0.15) is 5.26 Å². The lowest BCUT2D eigenvalue weighted by molar-refractivity contribution is -0.116. The van der Waals surface area contributed by atoms with E-state index in [1.54, 1.807) is 36.4 Å². The molecule has 2 aromatic rings. The van der Waals surface area contributed by atoms with Gasteiger partial charge < -0.3 is 19.5 Å². The molecule has 0 aliphatic rings. The summed E-state index contributed by atoms with van der Waals surface area (Å²) in [6.07, 6.45) is 0. The number of hydrogen-bond donors (Lipinski definition) is 1. The minimum Gasteiger partial charge on any atom is -0.496 e. The van der Waals surface area contributed by atoms with Crippen molar-refractivity contribution in [1.29, 1.82) is 5.26 Å². The lowest BCUT2D eigenvalue weighted by Crippen LogP contribution is -2.20. The monoisotopic (exact) mass is 326 g/mol. The first kappa shape index (κ1) is 17.2. The number of nitrogens with zero attached hydrogens (tertiary/aromatic N) is 1. The number of nitriles is 1. The van der Waals surface area contributed by atoms with E-state index in [2.05, 4.69) is 5.32 Å². The number of amides is 1. The van der Waals surface area contributed by atoms with Crippen LogP contribution in [0.2, 0.25) is 0 Å². The zero-order valence-corrected chi connectivity index (χ0v) is 13.7. The summed E-state index contributed by atoms with van der Waals surface area (Å²) in [4.78, 5) is 12.6. The van der Waals surface area contributed by atoms with Crippen molar-refractivity contribution in [3.63, 3.8) is 0 Å². The van der Waals surface area contributed by atoms with Crippen LogP contribution in [-0.2, 0) is 4.79 Å². The van der Waals surface area contributed by atoms with Crippen LogP contribution in [0.15, 0.2) is 42.5 Å². The topological polar surface area (TPSA) is 80.6 Å². The molecule has 6 nitrogen and oxygen atoms in total. The number of benzene rings is 2. The van der Waals surface area contributed by atoms with Gasteiger partial charge in [-0.25, -0.2) is 0 Å². The van der Waals surface area contributed by atoms with Crippen LogP contribution >= 0.6 is 0 Å². The first-order valence-electron chi connectivity index (χ1n) is 7.20. The van der Waals surface area contributed by atoms with Gasteiger partial charge in [-0.15, -0.1) is 0 Å². The van der Waals surface area contributed by atoms with Crippen molar-refractivity contribution in [2.75, 3.05) is 26.6 Å². The summed E-state index contributed by atoms with van der Waals surface area (Å²) in [5, 5.41) is 12.1. The highest BCUT2D eigenvalue weighted by molar-refractivity contribution is 6.00.